The average molecular weight is 2020 g/mol. The zero-order chi connectivity index (χ0) is 102. The lowest BCUT2D eigenvalue weighted by Crippen LogP contribution is -2.40. The Morgan fingerprint density at radius 1 is 0.356 bits per heavy atom. The maximum Gasteiger partial charge on any atom is 0.330 e. The fourth-order valence-electron chi connectivity index (χ4n) is 14.8. The van der Waals surface area contributed by atoms with Gasteiger partial charge in [-0.3, -0.25) is 81.3 Å². The Balaban J connectivity index is 0.000000260. The largest absolute Gasteiger partial charge is 0.388 e. The van der Waals surface area contributed by atoms with Gasteiger partial charge in [0.2, 0.25) is 0 Å². The van der Waals surface area contributed by atoms with E-state index in [1.54, 1.807) is 6.20 Å². The van der Waals surface area contributed by atoms with Crippen LogP contribution in [0.3, 0.4) is 0 Å². The molecule has 0 amide bonds. The molecule has 0 spiro atoms. The highest BCUT2D eigenvalue weighted by Gasteiger charge is 2.49. The molecule has 5 aromatic rings. The van der Waals surface area contributed by atoms with Crippen LogP contribution in [0.5, 0.6) is 0 Å². The number of ketones is 2. The number of nitrogens with one attached hydrogen (secondary N) is 8. The second kappa shape index (κ2) is 51.5. The molecule has 760 valence electrons. The molecule has 17 N–H and O–H groups in total. The van der Waals surface area contributed by atoms with Crippen molar-refractivity contribution in [2.75, 3.05) is 124 Å². The Hall–Kier alpha value is -6.84. The number of hydrogen-bond acceptors (Lipinski definition) is 30. The minimum absolute atomic E-state index is 0.102. The first-order valence-corrected chi connectivity index (χ1v) is 60.2. The number of aromatic nitrogens is 10. The van der Waals surface area contributed by atoms with Crippen molar-refractivity contribution in [3.05, 3.63) is 192 Å². The zero-order valence-corrected chi connectivity index (χ0v) is 86.6. The van der Waals surface area contributed by atoms with Gasteiger partial charge in [0.05, 0.1) is 30.5 Å². The second-order valence-corrected chi connectivity index (χ2v) is 61.3. The zero-order valence-electron chi connectivity index (χ0n) is 81.3. The van der Waals surface area contributed by atoms with Crippen molar-refractivity contribution in [3.8, 4) is 0 Å². The number of methoxy groups -OCH3 is 1. The first-order chi connectivity index (χ1) is 62.5. The van der Waals surface area contributed by atoms with Crippen molar-refractivity contribution in [2.24, 2.45) is 0 Å². The van der Waals surface area contributed by atoms with Crippen LogP contribution in [-0.2, 0) is 70.5 Å². The Morgan fingerprint density at radius 2 is 0.570 bits per heavy atom. The molecular weight excluding hydrogens is 1870 g/mol. The van der Waals surface area contributed by atoms with Crippen molar-refractivity contribution in [1.29, 1.82) is 0 Å². The van der Waals surface area contributed by atoms with Crippen LogP contribution < -0.4 is 66.5 Å². The lowest BCUT2D eigenvalue weighted by molar-refractivity contribution is -0.117. The van der Waals surface area contributed by atoms with Gasteiger partial charge in [0.15, 0.2) is 35.9 Å². The van der Waals surface area contributed by atoms with Gasteiger partial charge in [-0.25, -0.2) is 19.2 Å². The number of Topliss-reactive ketones (excluding diaryl/α,β-unsaturated/α-hetero) is 2. The molecule has 0 aliphatic carbocycles. The lowest BCUT2D eigenvalue weighted by Gasteiger charge is -2.21. The number of aliphatic hydroxyl groups is 9. The van der Waals surface area contributed by atoms with Gasteiger partial charge in [-0.15, -0.1) is 65.9 Å². The predicted octanol–water partition coefficient (Wildman–Crippen LogP) is 1.73. The van der Waals surface area contributed by atoms with Gasteiger partial charge in [0.25, 0.3) is 27.8 Å². The quantitative estimate of drug-likeness (QED) is 0.0116. The van der Waals surface area contributed by atoms with Crippen LogP contribution >= 0.6 is 46.6 Å². The average Bonchev–Trinajstić information content (AvgIpc) is 1.69. The molecular formula is C90H148N13O26P5S. The summed E-state index contributed by atoms with van der Waals surface area (Å²) in [5, 5.41) is 103. The van der Waals surface area contributed by atoms with Gasteiger partial charge in [0.1, 0.15) is 72.6 Å². The maximum absolute atomic E-state index is 12.4. The number of allylic oxidation sites excluding steroid dienone is 3. The topological polar surface area (TPSA) is 565 Å². The van der Waals surface area contributed by atoms with Gasteiger partial charge in [-0.2, -0.15) is 0 Å². The van der Waals surface area contributed by atoms with Crippen molar-refractivity contribution < 1.29 is 84.0 Å². The number of hydrogen-bond donors (Lipinski definition) is 17. The third kappa shape index (κ3) is 36.3. The molecule has 135 heavy (non-hydrogen) atoms. The predicted molar refractivity (Wildman–Crippen MR) is 545 cm³/mol. The van der Waals surface area contributed by atoms with Crippen LogP contribution in [0, 0.1) is 4.77 Å². The van der Waals surface area contributed by atoms with E-state index in [1.807, 2.05) is 59.8 Å². The van der Waals surface area contributed by atoms with E-state index in [1.165, 1.54) is 66.0 Å². The van der Waals surface area contributed by atoms with Crippen molar-refractivity contribution in [2.45, 2.75) is 243 Å². The summed E-state index contributed by atoms with van der Waals surface area (Å²) in [7, 11) is 1.48. The van der Waals surface area contributed by atoms with E-state index in [-0.39, 0.29) is 52.4 Å². The molecule has 5 aromatic heterocycles. The minimum atomic E-state index is -1.32. The number of H-pyrrole nitrogens is 5. The Kier molecular flexibility index (Phi) is 44.6. The normalized spacial score (nSPS) is 25.6. The molecule has 39 nitrogen and oxygen atoms in total. The van der Waals surface area contributed by atoms with E-state index in [2.05, 4.69) is 139 Å². The van der Waals surface area contributed by atoms with Crippen LogP contribution in [0.15, 0.2) is 109 Å². The summed E-state index contributed by atoms with van der Waals surface area (Å²) in [6, 6.07) is 0. The van der Waals surface area contributed by atoms with Crippen molar-refractivity contribution in [1.82, 2.24) is 63.7 Å². The molecule has 0 saturated carbocycles. The Labute approximate surface area is 792 Å². The van der Waals surface area contributed by atoms with Gasteiger partial charge < -0.3 is 90.3 Å². The molecule has 0 bridgehead atoms. The van der Waals surface area contributed by atoms with Crippen LogP contribution in [0.2, 0.25) is 0 Å². The van der Waals surface area contributed by atoms with E-state index in [0.29, 0.717) is 81.5 Å². The van der Waals surface area contributed by atoms with E-state index in [9.17, 15) is 98.7 Å². The number of carbonyl (C=O) groups excluding carboxylic acids is 2. The van der Waals surface area contributed by atoms with Crippen LogP contribution in [-0.4, -0.2) is 353 Å². The summed E-state index contributed by atoms with van der Waals surface area (Å²) < 4.78 is 40.8. The standard InChI is InChI=1S/C20H34N3O5P.C19H32N3O5P.C19H32N3O4PS.2C16H25N2O6P/c1-13(2)7-9-21-11-14-12-23(20(26)22-18(14)25)19-17(27-3)16(24)15(28-19)8-10-29(4,5)6;1-12(2)6-8-20-10-13-11-22(19(26)21-17(13)25)18-16(24)15(23)14(27-18)7-9-28(3,4)5;1-12(2)6-8-20-10-13-11-22(19(28)21-17(13)25)18-16(24)15(23)14(26-18)7-9-27(3,4)5;2*1-9(19)7-10-8-18(16(23)17-14(10)22)15-13(21)12(20)11(24-15)5-6-25(2,3)4/h7,12,15-17,19,21,24H,4,8-11H2,1-3,5-6H3,(H,22,25,26);6,11,14-16,18,20,23-24H,3,7-10H2,1-2,4-5H3,(H,21,25,26);6,11,14-16,18,20,23-24H,3,7-10H2,1-2,4-5H3,(H,21,25,28);2*8,11-13,15,20-21H,2,5-7H2,1,3-4H3,(H,17,22,23)/t15-,16-,17-,19?;2*14-,15-,16-,18?;2*11-,12-,13-,15?/m11111/s1. The summed E-state index contributed by atoms with van der Waals surface area (Å²) in [6.07, 6.45) is 21.5. The van der Waals surface area contributed by atoms with E-state index >= 15 is 0 Å². The second-order valence-electron chi connectivity index (χ2n) is 39.3. The number of ether oxygens (including phenoxy) is 6. The summed E-state index contributed by atoms with van der Waals surface area (Å²) in [5.74, 6) is -0.466. The highest BCUT2D eigenvalue weighted by atomic mass is 32.1. The van der Waals surface area contributed by atoms with Gasteiger partial charge in [-0.1, -0.05) is 34.9 Å². The number of aliphatic hydroxyl groups excluding tert-OH is 9. The first kappa shape index (κ1) is 117. The third-order valence-electron chi connectivity index (χ3n) is 22.4. The summed E-state index contributed by atoms with van der Waals surface area (Å²) >= 11 is 5.26. The third-order valence-corrected chi connectivity index (χ3v) is 30.1. The minimum Gasteiger partial charge on any atom is -0.388 e. The number of nitrogens with zero attached hydrogens (tertiary/aromatic N) is 5. The van der Waals surface area contributed by atoms with Crippen molar-refractivity contribution >= 4 is 89.7 Å². The smallest absolute Gasteiger partial charge is 0.330 e. The summed E-state index contributed by atoms with van der Waals surface area (Å²) in [5.41, 5.74) is -0.345. The first-order valence-electron chi connectivity index (χ1n) is 44.5. The molecule has 5 aliphatic rings. The maximum atomic E-state index is 12.4. The van der Waals surface area contributed by atoms with Gasteiger partial charge >= 0.3 is 22.8 Å². The van der Waals surface area contributed by atoms with Crippen LogP contribution in [0.1, 0.15) is 146 Å². The van der Waals surface area contributed by atoms with Crippen LogP contribution in [0.4, 0.5) is 0 Å². The fourth-order valence-corrected chi connectivity index (χ4v) is 19.8. The van der Waals surface area contributed by atoms with E-state index < -0.39 is 202 Å². The summed E-state index contributed by atoms with van der Waals surface area (Å²) in [6.45, 7) is 31.8. The SMILES string of the molecule is C=P(C)(C)CC[C@H]1OC(n2cc(CC(C)=O)c(=O)[nH]c2=O)[C@H](O)[C@@H]1O.C=P(C)(C)CC[C@H]1OC(n2cc(CC(C)=O)c(=O)[nH]c2=O)[C@H](O)[C@@H]1O.C=P(C)(C)CC[C@H]1OC(n2cc(CNCC=C(C)C)c(=O)[nH]c2=O)[C@H](O)[C@@H]1O.C=P(C)(C)CC[C@H]1OC(n2cc(CNCC=C(C)C)c(=O)[nH]c2=O)[C@H](OC)[C@@H]1O.C=P(C)(C)CC[C@H]1OC(n2cc(CNCC=C(C)C)c(=O)[nH]c2=S)[C@H](O)[C@@H]1O. The molecule has 45 heteroatoms. The van der Waals surface area contributed by atoms with Gasteiger partial charge in [-0.05, 0) is 197 Å². The highest BCUT2D eigenvalue weighted by Crippen LogP contribution is 2.45. The van der Waals surface area contributed by atoms with Gasteiger partial charge in [0, 0.05) is 118 Å². The molecule has 10 heterocycles. The lowest BCUT2D eigenvalue weighted by atomic mass is 10.1. The molecule has 5 saturated heterocycles. The molecule has 0 radical (unpaired) electrons. The molecule has 5 aliphatic heterocycles. The number of rotatable bonds is 37. The molecule has 5 unspecified atom stereocenters. The van der Waals surface area contributed by atoms with Crippen LogP contribution in [0.25, 0.3) is 0 Å². The number of carbonyl (C=O) groups is 2. The Morgan fingerprint density at radius 3 is 0.815 bits per heavy atom. The van der Waals surface area contributed by atoms with Crippen molar-refractivity contribution in [3.63, 3.8) is 0 Å². The molecule has 10 rings (SSSR count). The Bertz CT molecular complexity index is 5590. The van der Waals surface area contributed by atoms with E-state index in [0.717, 1.165) is 50.1 Å². The molecule has 5 fully saturated rings. The van der Waals surface area contributed by atoms with E-state index in [4.69, 9.17) is 40.6 Å². The molecule has 20 atom stereocenters. The highest BCUT2D eigenvalue weighted by molar-refractivity contribution is 7.73. The number of aromatic amines is 5. The summed E-state index contributed by atoms with van der Waals surface area (Å²) in [4.78, 5) is 143. The fraction of sp³-hybridized carbons (Fsp3) is 0.633. The molecule has 0 aromatic carbocycles. The monoisotopic (exact) mass is 2010 g/mol.